The van der Waals surface area contributed by atoms with E-state index >= 15 is 0 Å². The van der Waals surface area contributed by atoms with E-state index in [-0.39, 0.29) is 11.3 Å². The number of amides is 1. The molecule has 3 aromatic rings. The molecule has 1 atom stereocenters. The first-order valence-electron chi connectivity index (χ1n) is 6.99. The number of H-pyrrole nitrogens is 1. The van der Waals surface area contributed by atoms with Crippen molar-refractivity contribution in [1.82, 2.24) is 4.98 Å². The summed E-state index contributed by atoms with van der Waals surface area (Å²) in [5.74, 6) is 0.620. The number of hydrogen-bond acceptors (Lipinski definition) is 2. The number of para-hydroxylation sites is 1. The van der Waals surface area contributed by atoms with Crippen LogP contribution in [0.1, 0.15) is 10.9 Å². The molecule has 3 nitrogen and oxygen atoms in total. The van der Waals surface area contributed by atoms with Gasteiger partial charge in [-0.25, -0.2) is 0 Å². The van der Waals surface area contributed by atoms with Gasteiger partial charge in [-0.05, 0) is 30.3 Å². The topological polar surface area (TPSA) is 36.1 Å². The Kier molecular flexibility index (Phi) is 3.36. The molecule has 22 heavy (non-hydrogen) atoms. The van der Waals surface area contributed by atoms with Gasteiger partial charge in [0.25, 0.3) is 0 Å². The van der Waals surface area contributed by atoms with Gasteiger partial charge in [0.2, 0.25) is 5.91 Å². The number of fused-ring (bicyclic) bond motifs is 1. The molecule has 0 unspecified atom stereocenters. The number of thioether (sulfide) groups is 1. The Morgan fingerprint density at radius 2 is 1.91 bits per heavy atom. The summed E-state index contributed by atoms with van der Waals surface area (Å²) >= 11 is 7.61. The molecule has 0 spiro atoms. The summed E-state index contributed by atoms with van der Waals surface area (Å²) < 4.78 is 0. The number of carbonyl (C=O) groups excluding carboxylic acids is 1. The Morgan fingerprint density at radius 3 is 2.73 bits per heavy atom. The van der Waals surface area contributed by atoms with Crippen LogP contribution in [0.25, 0.3) is 10.9 Å². The summed E-state index contributed by atoms with van der Waals surface area (Å²) in [6, 6.07) is 15.6. The highest BCUT2D eigenvalue weighted by molar-refractivity contribution is 8.00. The van der Waals surface area contributed by atoms with E-state index in [0.29, 0.717) is 10.8 Å². The zero-order chi connectivity index (χ0) is 15.1. The van der Waals surface area contributed by atoms with Crippen molar-refractivity contribution in [1.29, 1.82) is 0 Å². The first kappa shape index (κ1) is 13.7. The average Bonchev–Trinajstić information content (AvgIpc) is 3.12. The monoisotopic (exact) mass is 328 g/mol. The van der Waals surface area contributed by atoms with E-state index in [9.17, 15) is 4.79 Å². The summed E-state index contributed by atoms with van der Waals surface area (Å²) in [7, 11) is 0. The molecule has 0 saturated carbocycles. The lowest BCUT2D eigenvalue weighted by Crippen LogP contribution is -2.27. The predicted molar refractivity (Wildman–Crippen MR) is 92.4 cm³/mol. The number of carbonyl (C=O) groups is 1. The normalized spacial score (nSPS) is 18.3. The van der Waals surface area contributed by atoms with Gasteiger partial charge < -0.3 is 4.98 Å². The molecule has 2 heterocycles. The highest BCUT2D eigenvalue weighted by Gasteiger charge is 2.35. The molecule has 1 aliphatic rings. The van der Waals surface area contributed by atoms with Gasteiger partial charge in [0, 0.05) is 33.4 Å². The number of aromatic amines is 1. The molecule has 1 fully saturated rings. The molecule has 1 amide bonds. The fraction of sp³-hybridized carbons (Fsp3) is 0.118. The number of anilines is 1. The van der Waals surface area contributed by atoms with Gasteiger partial charge in [0.05, 0.1) is 5.75 Å². The molecule has 1 saturated heterocycles. The van der Waals surface area contributed by atoms with Gasteiger partial charge in [-0.2, -0.15) is 0 Å². The van der Waals surface area contributed by atoms with Gasteiger partial charge in [-0.15, -0.1) is 11.8 Å². The summed E-state index contributed by atoms with van der Waals surface area (Å²) in [6.07, 6.45) is 2.00. The Labute approximate surface area is 137 Å². The minimum atomic E-state index is -0.00942. The van der Waals surface area contributed by atoms with Crippen molar-refractivity contribution < 1.29 is 4.79 Å². The molecule has 2 aromatic carbocycles. The van der Waals surface area contributed by atoms with Crippen molar-refractivity contribution in [3.05, 3.63) is 65.3 Å². The number of hydrogen-bond donors (Lipinski definition) is 1. The van der Waals surface area contributed by atoms with Crippen molar-refractivity contribution >= 4 is 45.9 Å². The van der Waals surface area contributed by atoms with Crippen LogP contribution < -0.4 is 4.90 Å². The van der Waals surface area contributed by atoms with Crippen LogP contribution in [0.3, 0.4) is 0 Å². The van der Waals surface area contributed by atoms with Crippen molar-refractivity contribution in [2.24, 2.45) is 0 Å². The third-order valence-corrected chi connectivity index (χ3v) is 5.31. The summed E-state index contributed by atoms with van der Waals surface area (Å²) in [5, 5.41) is 1.82. The maximum absolute atomic E-state index is 12.4. The highest BCUT2D eigenvalue weighted by atomic mass is 35.5. The minimum absolute atomic E-state index is 0.00942. The van der Waals surface area contributed by atoms with E-state index in [2.05, 4.69) is 11.1 Å². The number of nitrogens with one attached hydrogen (secondary N) is 1. The van der Waals surface area contributed by atoms with E-state index in [1.165, 1.54) is 0 Å². The van der Waals surface area contributed by atoms with Gasteiger partial charge in [0.1, 0.15) is 5.37 Å². The van der Waals surface area contributed by atoms with E-state index in [4.69, 9.17) is 11.6 Å². The lowest BCUT2D eigenvalue weighted by atomic mass is 10.1. The van der Waals surface area contributed by atoms with Gasteiger partial charge in [0.15, 0.2) is 0 Å². The Hall–Kier alpha value is -1.91. The lowest BCUT2D eigenvalue weighted by molar-refractivity contribution is -0.115. The van der Waals surface area contributed by atoms with E-state index in [1.807, 2.05) is 53.6 Å². The molecule has 1 N–H and O–H groups in total. The Balaban J connectivity index is 1.80. The molecular formula is C17H13ClN2OS. The van der Waals surface area contributed by atoms with Crippen LogP contribution >= 0.6 is 23.4 Å². The Bertz CT molecular complexity index is 843. The van der Waals surface area contributed by atoms with Crippen LogP contribution in [0.5, 0.6) is 0 Å². The minimum Gasteiger partial charge on any atom is -0.361 e. The number of nitrogens with zero attached hydrogens (tertiary/aromatic N) is 1. The summed E-state index contributed by atoms with van der Waals surface area (Å²) in [6.45, 7) is 0. The second-order valence-corrected chi connectivity index (χ2v) is 6.70. The molecule has 0 radical (unpaired) electrons. The number of aromatic nitrogens is 1. The SMILES string of the molecule is O=C1CS[C@H](c2c[nH]c3ccccc23)N1c1ccc(Cl)cc1. The van der Waals surface area contributed by atoms with E-state index < -0.39 is 0 Å². The number of benzene rings is 2. The summed E-state index contributed by atoms with van der Waals surface area (Å²) in [4.78, 5) is 17.5. The third kappa shape index (κ3) is 2.19. The van der Waals surface area contributed by atoms with Gasteiger partial charge >= 0.3 is 0 Å². The largest absolute Gasteiger partial charge is 0.361 e. The average molecular weight is 329 g/mol. The molecule has 5 heteroatoms. The van der Waals surface area contributed by atoms with Crippen LogP contribution in [0.2, 0.25) is 5.02 Å². The molecule has 4 rings (SSSR count). The molecule has 110 valence electrons. The molecular weight excluding hydrogens is 316 g/mol. The number of rotatable bonds is 2. The first-order valence-corrected chi connectivity index (χ1v) is 8.42. The van der Waals surface area contributed by atoms with Crippen LogP contribution in [-0.4, -0.2) is 16.6 Å². The van der Waals surface area contributed by atoms with Crippen LogP contribution in [0.4, 0.5) is 5.69 Å². The fourth-order valence-corrected chi connectivity index (χ4v) is 4.16. The van der Waals surface area contributed by atoms with E-state index in [0.717, 1.165) is 22.2 Å². The van der Waals surface area contributed by atoms with Gasteiger partial charge in [-0.1, -0.05) is 29.8 Å². The van der Waals surface area contributed by atoms with Crippen LogP contribution in [0.15, 0.2) is 54.7 Å². The van der Waals surface area contributed by atoms with Crippen LogP contribution in [0, 0.1) is 0 Å². The lowest BCUT2D eigenvalue weighted by Gasteiger charge is -2.24. The maximum Gasteiger partial charge on any atom is 0.238 e. The second-order valence-electron chi connectivity index (χ2n) is 5.19. The molecule has 1 aliphatic heterocycles. The zero-order valence-electron chi connectivity index (χ0n) is 11.6. The molecule has 1 aromatic heterocycles. The quantitative estimate of drug-likeness (QED) is 0.746. The Morgan fingerprint density at radius 1 is 1.14 bits per heavy atom. The standard InChI is InChI=1S/C17H13ClN2OS/c18-11-5-7-12(8-6-11)20-16(21)10-22-17(20)14-9-19-15-4-2-1-3-13(14)15/h1-9,17,19H,10H2/t17-/m1/s1. The second kappa shape index (κ2) is 5.38. The molecule has 0 bridgehead atoms. The van der Waals surface area contributed by atoms with Crippen LogP contribution in [-0.2, 0) is 4.79 Å². The predicted octanol–water partition coefficient (Wildman–Crippen LogP) is 4.60. The smallest absolute Gasteiger partial charge is 0.238 e. The molecule has 0 aliphatic carbocycles. The van der Waals surface area contributed by atoms with Crippen molar-refractivity contribution in [3.8, 4) is 0 Å². The zero-order valence-corrected chi connectivity index (χ0v) is 13.2. The van der Waals surface area contributed by atoms with Crippen molar-refractivity contribution in [3.63, 3.8) is 0 Å². The number of halogens is 1. The van der Waals surface area contributed by atoms with E-state index in [1.54, 1.807) is 11.8 Å². The third-order valence-electron chi connectivity index (χ3n) is 3.86. The summed E-state index contributed by atoms with van der Waals surface area (Å²) in [5.41, 5.74) is 3.12. The first-order chi connectivity index (χ1) is 10.7. The van der Waals surface area contributed by atoms with Crippen molar-refractivity contribution in [2.45, 2.75) is 5.37 Å². The highest BCUT2D eigenvalue weighted by Crippen LogP contribution is 2.44. The van der Waals surface area contributed by atoms with Gasteiger partial charge in [-0.3, -0.25) is 9.69 Å². The van der Waals surface area contributed by atoms with Crippen molar-refractivity contribution in [2.75, 3.05) is 10.7 Å². The maximum atomic E-state index is 12.4. The fourth-order valence-electron chi connectivity index (χ4n) is 2.83.